The lowest BCUT2D eigenvalue weighted by Crippen LogP contribution is -2.64. The summed E-state index contributed by atoms with van der Waals surface area (Å²) in [6.07, 6.45) is 4.79. The van der Waals surface area contributed by atoms with E-state index in [2.05, 4.69) is 61.0 Å². The number of anilines is 1. The molecule has 2 aliphatic rings. The monoisotopic (exact) mass is 341 g/mol. The van der Waals surface area contributed by atoms with Gasteiger partial charge in [-0.2, -0.15) is 5.26 Å². The first-order valence-electron chi connectivity index (χ1n) is 8.56. The Morgan fingerprint density at radius 1 is 1.33 bits per heavy atom. The Bertz CT molecular complexity index is 709. The molecule has 24 heavy (non-hydrogen) atoms. The summed E-state index contributed by atoms with van der Waals surface area (Å²) < 4.78 is 0. The molecule has 0 unspecified atom stereocenters. The molecule has 1 aromatic carbocycles. The number of nitrogens with one attached hydrogen (secondary N) is 1. The third-order valence-electron chi connectivity index (χ3n) is 5.25. The molecule has 126 valence electrons. The van der Waals surface area contributed by atoms with Crippen molar-refractivity contribution in [2.75, 3.05) is 4.90 Å². The van der Waals surface area contributed by atoms with Crippen molar-refractivity contribution in [1.82, 2.24) is 5.32 Å². The molecule has 0 saturated heterocycles. The summed E-state index contributed by atoms with van der Waals surface area (Å²) in [7, 11) is 0. The van der Waals surface area contributed by atoms with Gasteiger partial charge < -0.3 is 10.2 Å². The predicted octanol–water partition coefficient (Wildman–Crippen LogP) is 3.76. The van der Waals surface area contributed by atoms with Gasteiger partial charge in [-0.1, -0.05) is 26.0 Å². The summed E-state index contributed by atoms with van der Waals surface area (Å²) in [5.74, 6) is 0.347. The van der Waals surface area contributed by atoms with E-state index < -0.39 is 5.66 Å². The highest BCUT2D eigenvalue weighted by atomic mass is 32.1. The number of rotatable bonds is 2. The predicted molar refractivity (Wildman–Crippen MR) is 98.4 cm³/mol. The van der Waals surface area contributed by atoms with E-state index in [1.165, 1.54) is 5.56 Å². The Labute approximate surface area is 148 Å². The molecule has 5 heteroatoms. The number of amides is 1. The van der Waals surface area contributed by atoms with Crippen LogP contribution in [0, 0.1) is 17.2 Å². The Kier molecular flexibility index (Phi) is 4.60. The van der Waals surface area contributed by atoms with Crippen LogP contribution >= 0.6 is 12.6 Å². The number of nitriles is 1. The van der Waals surface area contributed by atoms with E-state index in [0.717, 1.165) is 37.8 Å². The van der Waals surface area contributed by atoms with Crippen LogP contribution in [0.4, 0.5) is 5.69 Å². The van der Waals surface area contributed by atoms with Gasteiger partial charge in [0.2, 0.25) is 0 Å². The maximum absolute atomic E-state index is 12.4. The lowest BCUT2D eigenvalue weighted by Gasteiger charge is -2.51. The number of hydrogen-bond acceptors (Lipinski definition) is 4. The van der Waals surface area contributed by atoms with Crippen LogP contribution in [0.1, 0.15) is 45.1 Å². The maximum Gasteiger partial charge on any atom is 0.266 e. The first kappa shape index (κ1) is 16.9. The lowest BCUT2D eigenvalue weighted by molar-refractivity contribution is -0.120. The molecule has 0 radical (unpaired) electrons. The van der Waals surface area contributed by atoms with Gasteiger partial charge in [-0.15, -0.1) is 12.6 Å². The average Bonchev–Trinajstić information content (AvgIpc) is 2.58. The van der Waals surface area contributed by atoms with Crippen molar-refractivity contribution in [2.24, 2.45) is 5.92 Å². The van der Waals surface area contributed by atoms with Crippen LogP contribution < -0.4 is 10.2 Å². The van der Waals surface area contributed by atoms with Crippen molar-refractivity contribution in [3.8, 4) is 6.07 Å². The van der Waals surface area contributed by atoms with Crippen LogP contribution in [0.3, 0.4) is 0 Å². The van der Waals surface area contributed by atoms with E-state index in [-0.39, 0.29) is 11.5 Å². The van der Waals surface area contributed by atoms with E-state index in [1.807, 2.05) is 6.07 Å². The van der Waals surface area contributed by atoms with Crippen molar-refractivity contribution in [3.05, 3.63) is 40.4 Å². The second kappa shape index (κ2) is 6.52. The van der Waals surface area contributed by atoms with Crippen LogP contribution in [-0.2, 0) is 11.2 Å². The van der Waals surface area contributed by atoms with Crippen molar-refractivity contribution in [1.29, 1.82) is 5.26 Å². The molecule has 4 nitrogen and oxygen atoms in total. The zero-order valence-electron chi connectivity index (χ0n) is 14.2. The van der Waals surface area contributed by atoms with Crippen molar-refractivity contribution in [3.63, 3.8) is 0 Å². The second-order valence-electron chi connectivity index (χ2n) is 6.83. The maximum atomic E-state index is 12.4. The SMILES string of the molecule is CCc1ccc(N2C(S)=C(C#N)C(=O)NC23CCC(C)CC3)cc1. The quantitative estimate of drug-likeness (QED) is 0.806. The molecule has 1 aliphatic heterocycles. The van der Waals surface area contributed by atoms with Crippen molar-refractivity contribution in [2.45, 2.75) is 51.6 Å². The van der Waals surface area contributed by atoms with Crippen molar-refractivity contribution < 1.29 is 4.79 Å². The van der Waals surface area contributed by atoms with Gasteiger partial charge in [0.1, 0.15) is 17.3 Å². The fourth-order valence-electron chi connectivity index (χ4n) is 3.69. The normalized spacial score (nSPS) is 27.2. The van der Waals surface area contributed by atoms with Crippen LogP contribution in [-0.4, -0.2) is 11.6 Å². The summed E-state index contributed by atoms with van der Waals surface area (Å²) in [5, 5.41) is 12.9. The first-order valence-corrected chi connectivity index (χ1v) is 9.00. The van der Waals surface area contributed by atoms with E-state index in [9.17, 15) is 10.1 Å². The topological polar surface area (TPSA) is 56.1 Å². The molecule has 1 spiro atoms. The standard InChI is InChI=1S/C19H23N3OS/c1-3-14-4-6-15(7-5-14)22-18(24)16(12-20)17(23)21-19(22)10-8-13(2)9-11-19/h4-7,13,24H,3,8-11H2,1-2H3,(H,21,23). The fourth-order valence-corrected chi connectivity index (χ4v) is 4.14. The van der Waals surface area contributed by atoms with Gasteiger partial charge in [0, 0.05) is 5.69 Å². The van der Waals surface area contributed by atoms with Gasteiger partial charge in [-0.3, -0.25) is 4.79 Å². The van der Waals surface area contributed by atoms with Crippen LogP contribution in [0.25, 0.3) is 0 Å². The summed E-state index contributed by atoms with van der Waals surface area (Å²) in [6.45, 7) is 4.37. The molecule has 1 aromatic rings. The number of benzene rings is 1. The highest BCUT2D eigenvalue weighted by molar-refractivity contribution is 7.84. The number of nitrogens with zero attached hydrogens (tertiary/aromatic N) is 2. The number of carbonyl (C=O) groups excluding carboxylic acids is 1. The highest BCUT2D eigenvalue weighted by Crippen LogP contribution is 2.43. The smallest absolute Gasteiger partial charge is 0.266 e. The minimum absolute atomic E-state index is 0.0853. The molecule has 1 aliphatic carbocycles. The van der Waals surface area contributed by atoms with E-state index in [0.29, 0.717) is 10.9 Å². The lowest BCUT2D eigenvalue weighted by atomic mass is 9.80. The molecule has 0 aromatic heterocycles. The number of carbonyl (C=O) groups is 1. The average molecular weight is 341 g/mol. The molecular weight excluding hydrogens is 318 g/mol. The van der Waals surface area contributed by atoms with Gasteiger partial charge in [0.05, 0.1) is 5.03 Å². The van der Waals surface area contributed by atoms with Crippen LogP contribution in [0.2, 0.25) is 0 Å². The fraction of sp³-hybridized carbons (Fsp3) is 0.474. The largest absolute Gasteiger partial charge is 0.328 e. The molecule has 1 saturated carbocycles. The molecule has 1 fully saturated rings. The molecule has 1 amide bonds. The van der Waals surface area contributed by atoms with Crippen molar-refractivity contribution >= 4 is 24.2 Å². The molecule has 0 bridgehead atoms. The van der Waals surface area contributed by atoms with Gasteiger partial charge in [0.15, 0.2) is 0 Å². The highest BCUT2D eigenvalue weighted by Gasteiger charge is 2.46. The zero-order valence-corrected chi connectivity index (χ0v) is 15.1. The number of aryl methyl sites for hydroxylation is 1. The van der Waals surface area contributed by atoms with Crippen LogP contribution in [0.15, 0.2) is 34.9 Å². The summed E-state index contributed by atoms with van der Waals surface area (Å²) in [4.78, 5) is 14.5. The third-order valence-corrected chi connectivity index (χ3v) is 5.68. The minimum atomic E-state index is -0.477. The molecule has 1 N–H and O–H groups in total. The third kappa shape index (κ3) is 2.80. The van der Waals surface area contributed by atoms with E-state index >= 15 is 0 Å². The van der Waals surface area contributed by atoms with Gasteiger partial charge >= 0.3 is 0 Å². The minimum Gasteiger partial charge on any atom is -0.328 e. The Balaban J connectivity index is 2.09. The number of thiol groups is 1. The molecule has 3 rings (SSSR count). The Morgan fingerprint density at radius 2 is 1.96 bits per heavy atom. The summed E-state index contributed by atoms with van der Waals surface area (Å²) in [6, 6.07) is 10.3. The first-order chi connectivity index (χ1) is 11.5. The summed E-state index contributed by atoms with van der Waals surface area (Å²) >= 11 is 4.58. The summed E-state index contributed by atoms with van der Waals surface area (Å²) in [5.41, 5.74) is 1.84. The molecule has 0 atom stereocenters. The van der Waals surface area contributed by atoms with Gasteiger partial charge in [0.25, 0.3) is 5.91 Å². The Hall–Kier alpha value is -1.93. The number of hydrogen-bond donors (Lipinski definition) is 2. The zero-order chi connectivity index (χ0) is 17.3. The van der Waals surface area contributed by atoms with E-state index in [4.69, 9.17) is 0 Å². The van der Waals surface area contributed by atoms with E-state index in [1.54, 1.807) is 0 Å². The molecular formula is C19H23N3OS. The molecule has 1 heterocycles. The van der Waals surface area contributed by atoms with Gasteiger partial charge in [-0.05, 0) is 55.7 Å². The second-order valence-corrected chi connectivity index (χ2v) is 7.26. The Morgan fingerprint density at radius 3 is 2.50 bits per heavy atom. The van der Waals surface area contributed by atoms with Gasteiger partial charge in [-0.25, -0.2) is 0 Å². The van der Waals surface area contributed by atoms with Crippen LogP contribution in [0.5, 0.6) is 0 Å².